The van der Waals surface area contributed by atoms with Gasteiger partial charge in [0.25, 0.3) is 0 Å². The van der Waals surface area contributed by atoms with Crippen molar-refractivity contribution in [2.75, 3.05) is 0 Å². The maximum absolute atomic E-state index is 12.6. The number of imide groups is 1. The van der Waals surface area contributed by atoms with Crippen LogP contribution in [0.4, 0.5) is 0 Å². The minimum Gasteiger partial charge on any atom is -0.327 e. The van der Waals surface area contributed by atoms with E-state index in [2.05, 4.69) is 5.32 Å². The topological polar surface area (TPSA) is 66.5 Å². The number of rotatable bonds is 4. The molecule has 3 amide bonds. The zero-order valence-electron chi connectivity index (χ0n) is 12.0. The fraction of sp³-hybridized carbons (Fsp3) is 0.438. The number of hydrogen-bond donors (Lipinski definition) is 1. The van der Waals surface area contributed by atoms with Crippen LogP contribution in [-0.2, 0) is 20.8 Å². The molecule has 21 heavy (non-hydrogen) atoms. The molecule has 0 radical (unpaired) electrons. The molecule has 110 valence electrons. The van der Waals surface area contributed by atoms with Crippen LogP contribution in [-0.4, -0.2) is 34.7 Å². The quantitative estimate of drug-likeness (QED) is 0.838. The summed E-state index contributed by atoms with van der Waals surface area (Å²) in [5.74, 6) is -0.709. The van der Waals surface area contributed by atoms with Crippen LogP contribution in [0.15, 0.2) is 24.3 Å². The van der Waals surface area contributed by atoms with Gasteiger partial charge in [0.1, 0.15) is 6.04 Å². The van der Waals surface area contributed by atoms with E-state index >= 15 is 0 Å². The average Bonchev–Trinajstić information content (AvgIpc) is 3.19. The number of hydrogen-bond acceptors (Lipinski definition) is 3. The van der Waals surface area contributed by atoms with Crippen LogP contribution in [0.1, 0.15) is 30.4 Å². The van der Waals surface area contributed by atoms with Crippen LogP contribution in [0.3, 0.4) is 0 Å². The summed E-state index contributed by atoms with van der Waals surface area (Å²) in [5.41, 5.74) is 2.08. The first-order valence-corrected chi connectivity index (χ1v) is 7.25. The van der Waals surface area contributed by atoms with Gasteiger partial charge in [0.05, 0.1) is 12.8 Å². The van der Waals surface area contributed by atoms with E-state index in [9.17, 15) is 14.4 Å². The smallest absolute Gasteiger partial charge is 0.249 e. The van der Waals surface area contributed by atoms with E-state index < -0.39 is 6.04 Å². The highest BCUT2D eigenvalue weighted by molar-refractivity contribution is 6.07. The lowest BCUT2D eigenvalue weighted by Crippen LogP contribution is -2.46. The fourth-order valence-electron chi connectivity index (χ4n) is 2.72. The Balaban J connectivity index is 1.75. The van der Waals surface area contributed by atoms with Gasteiger partial charge in [0.15, 0.2) is 0 Å². The number of amides is 3. The lowest BCUT2D eigenvalue weighted by Gasteiger charge is -2.26. The van der Waals surface area contributed by atoms with Gasteiger partial charge in [0, 0.05) is 6.04 Å². The minimum atomic E-state index is -0.622. The standard InChI is InChI=1S/C16H18N2O3/c1-10-2-4-11(5-3-10)8-15(20)18(12-6-7-12)13-9-14(19)17-16(13)21/h2-5,12-13H,6-9H2,1H3,(H,17,19,21)/t13-/m0/s1. The SMILES string of the molecule is Cc1ccc(CC(=O)N(C2CC2)[C@H]2CC(=O)NC2=O)cc1. The van der Waals surface area contributed by atoms with Gasteiger partial charge in [-0.1, -0.05) is 29.8 Å². The second kappa shape index (κ2) is 5.31. The summed E-state index contributed by atoms with van der Waals surface area (Å²) >= 11 is 0. The lowest BCUT2D eigenvalue weighted by atomic mass is 10.1. The summed E-state index contributed by atoms with van der Waals surface area (Å²) in [6, 6.07) is 7.29. The molecule has 1 aliphatic heterocycles. The molecule has 0 spiro atoms. The van der Waals surface area contributed by atoms with Crippen molar-refractivity contribution in [2.24, 2.45) is 0 Å². The molecule has 0 bridgehead atoms. The first-order valence-electron chi connectivity index (χ1n) is 7.25. The Bertz CT molecular complexity index is 590. The molecule has 2 aliphatic rings. The Morgan fingerprint density at radius 3 is 2.43 bits per heavy atom. The summed E-state index contributed by atoms with van der Waals surface area (Å²) in [6.07, 6.45) is 2.19. The Morgan fingerprint density at radius 2 is 1.90 bits per heavy atom. The maximum Gasteiger partial charge on any atom is 0.249 e. The summed E-state index contributed by atoms with van der Waals surface area (Å²) < 4.78 is 0. The predicted octanol–water partition coefficient (Wildman–Crippen LogP) is 0.944. The second-order valence-electron chi connectivity index (χ2n) is 5.83. The molecule has 0 aromatic heterocycles. The van der Waals surface area contributed by atoms with Crippen molar-refractivity contribution in [3.8, 4) is 0 Å². The van der Waals surface area contributed by atoms with Crippen LogP contribution in [0.25, 0.3) is 0 Å². The highest BCUT2D eigenvalue weighted by Crippen LogP contribution is 2.31. The van der Waals surface area contributed by atoms with Crippen molar-refractivity contribution in [3.05, 3.63) is 35.4 Å². The summed E-state index contributed by atoms with van der Waals surface area (Å²) in [5, 5.41) is 2.28. The molecular weight excluding hydrogens is 268 g/mol. The van der Waals surface area contributed by atoms with Gasteiger partial charge in [-0.2, -0.15) is 0 Å². The molecule has 0 unspecified atom stereocenters. The fourth-order valence-corrected chi connectivity index (χ4v) is 2.72. The largest absolute Gasteiger partial charge is 0.327 e. The minimum absolute atomic E-state index is 0.0730. The number of nitrogens with zero attached hydrogens (tertiary/aromatic N) is 1. The molecule has 1 aromatic carbocycles. The Hall–Kier alpha value is -2.17. The number of carbonyl (C=O) groups is 3. The molecule has 2 fully saturated rings. The van der Waals surface area contributed by atoms with Crippen LogP contribution < -0.4 is 5.32 Å². The van der Waals surface area contributed by atoms with Crippen LogP contribution in [0, 0.1) is 6.92 Å². The zero-order valence-corrected chi connectivity index (χ0v) is 12.0. The van der Waals surface area contributed by atoms with Gasteiger partial charge in [0.2, 0.25) is 17.7 Å². The van der Waals surface area contributed by atoms with E-state index in [1.54, 1.807) is 4.90 Å². The van der Waals surface area contributed by atoms with E-state index in [0.29, 0.717) is 0 Å². The van der Waals surface area contributed by atoms with E-state index in [-0.39, 0.29) is 36.6 Å². The van der Waals surface area contributed by atoms with Gasteiger partial charge in [-0.25, -0.2) is 0 Å². The van der Waals surface area contributed by atoms with Gasteiger partial charge in [-0.3, -0.25) is 19.7 Å². The molecule has 1 aliphatic carbocycles. The third kappa shape index (κ3) is 2.96. The zero-order chi connectivity index (χ0) is 15.0. The third-order valence-electron chi connectivity index (χ3n) is 3.98. The molecule has 1 atom stereocenters. The van der Waals surface area contributed by atoms with Crippen molar-refractivity contribution < 1.29 is 14.4 Å². The average molecular weight is 286 g/mol. The van der Waals surface area contributed by atoms with Gasteiger partial charge >= 0.3 is 0 Å². The third-order valence-corrected chi connectivity index (χ3v) is 3.98. The van der Waals surface area contributed by atoms with Gasteiger partial charge in [-0.15, -0.1) is 0 Å². The first-order chi connectivity index (χ1) is 10.0. The molecule has 3 rings (SSSR count). The predicted molar refractivity (Wildman–Crippen MR) is 76.3 cm³/mol. The molecule has 1 saturated carbocycles. The summed E-state index contributed by atoms with van der Waals surface area (Å²) in [7, 11) is 0. The number of aryl methyl sites for hydroxylation is 1. The number of nitrogens with one attached hydrogen (secondary N) is 1. The normalized spacial score (nSPS) is 21.3. The van der Waals surface area contributed by atoms with E-state index in [1.165, 1.54) is 0 Å². The van der Waals surface area contributed by atoms with E-state index in [4.69, 9.17) is 0 Å². The lowest BCUT2D eigenvalue weighted by molar-refractivity contribution is -0.139. The maximum atomic E-state index is 12.6. The first kappa shape index (κ1) is 13.8. The van der Waals surface area contributed by atoms with Crippen LogP contribution in [0.5, 0.6) is 0 Å². The van der Waals surface area contributed by atoms with Crippen molar-refractivity contribution in [1.82, 2.24) is 10.2 Å². The Labute approximate surface area is 123 Å². The van der Waals surface area contributed by atoms with Crippen LogP contribution >= 0.6 is 0 Å². The molecular formula is C16H18N2O3. The molecule has 1 aromatic rings. The van der Waals surface area contributed by atoms with Crippen LogP contribution in [0.2, 0.25) is 0 Å². The van der Waals surface area contributed by atoms with Gasteiger partial charge < -0.3 is 4.90 Å². The van der Waals surface area contributed by atoms with Crippen molar-refractivity contribution in [2.45, 2.75) is 44.7 Å². The van der Waals surface area contributed by atoms with Gasteiger partial charge in [-0.05, 0) is 25.3 Å². The Kier molecular flexibility index (Phi) is 3.49. The summed E-state index contributed by atoms with van der Waals surface area (Å²) in [4.78, 5) is 37.4. The monoisotopic (exact) mass is 286 g/mol. The Morgan fingerprint density at radius 1 is 1.24 bits per heavy atom. The molecule has 5 heteroatoms. The number of carbonyl (C=O) groups excluding carboxylic acids is 3. The highest BCUT2D eigenvalue weighted by Gasteiger charge is 2.44. The highest BCUT2D eigenvalue weighted by atomic mass is 16.2. The molecule has 5 nitrogen and oxygen atoms in total. The summed E-state index contributed by atoms with van der Waals surface area (Å²) in [6.45, 7) is 2.00. The van der Waals surface area contributed by atoms with Crippen molar-refractivity contribution >= 4 is 17.7 Å². The molecule has 1 heterocycles. The van der Waals surface area contributed by atoms with Crippen molar-refractivity contribution in [3.63, 3.8) is 0 Å². The van der Waals surface area contributed by atoms with Crippen molar-refractivity contribution in [1.29, 1.82) is 0 Å². The molecule has 1 N–H and O–H groups in total. The van der Waals surface area contributed by atoms with E-state index in [0.717, 1.165) is 24.0 Å². The number of benzene rings is 1. The van der Waals surface area contributed by atoms with E-state index in [1.807, 2.05) is 31.2 Å². The molecule has 1 saturated heterocycles. The second-order valence-corrected chi connectivity index (χ2v) is 5.83.